The number of nitrogens with two attached hydrogens (primary N) is 1. The van der Waals surface area contributed by atoms with E-state index in [2.05, 4.69) is 20.8 Å². The Morgan fingerprint density at radius 3 is 2.94 bits per heavy atom. The van der Waals surface area contributed by atoms with Gasteiger partial charge in [0.15, 0.2) is 0 Å². The number of halogens is 1. The molecule has 0 bridgehead atoms. The maximum Gasteiger partial charge on any atom is 0.0984 e. The molecular weight excluding hydrogens is 284 g/mol. The minimum absolute atomic E-state index is 0.0390. The molecule has 3 N–H and O–H groups in total. The molecule has 0 spiro atoms. The number of aliphatic hydroxyl groups is 1. The molecule has 0 aromatic heterocycles. The van der Waals surface area contributed by atoms with Crippen LogP contribution < -0.4 is 10.6 Å². The average molecular weight is 301 g/mol. The molecule has 2 rings (SSSR count). The van der Waals surface area contributed by atoms with Crippen molar-refractivity contribution in [2.24, 2.45) is 0 Å². The van der Waals surface area contributed by atoms with E-state index in [0.717, 1.165) is 22.4 Å². The van der Waals surface area contributed by atoms with E-state index >= 15 is 0 Å². The van der Waals surface area contributed by atoms with Gasteiger partial charge in [-0.3, -0.25) is 0 Å². The van der Waals surface area contributed by atoms with Crippen LogP contribution in [0.4, 0.5) is 11.4 Å². The number of rotatable bonds is 2. The van der Waals surface area contributed by atoms with Crippen molar-refractivity contribution in [3.05, 3.63) is 22.7 Å². The normalized spacial score (nSPS) is 25.0. The van der Waals surface area contributed by atoms with Crippen molar-refractivity contribution in [2.45, 2.75) is 19.1 Å². The Kier molecular flexibility index (Phi) is 3.91. The van der Waals surface area contributed by atoms with Crippen LogP contribution in [0.1, 0.15) is 6.92 Å². The number of nitrogens with zero attached hydrogens (tertiary/aromatic N) is 1. The number of ether oxygens (including phenoxy) is 1. The zero-order valence-electron chi connectivity index (χ0n) is 9.77. The first kappa shape index (κ1) is 12.7. The van der Waals surface area contributed by atoms with Crippen LogP contribution >= 0.6 is 15.9 Å². The second-order valence-corrected chi connectivity index (χ2v) is 5.28. The van der Waals surface area contributed by atoms with Crippen LogP contribution in [-0.2, 0) is 4.74 Å². The van der Waals surface area contributed by atoms with Crippen molar-refractivity contribution in [1.29, 1.82) is 0 Å². The Morgan fingerprint density at radius 1 is 1.53 bits per heavy atom. The third-order valence-corrected chi connectivity index (χ3v) is 3.35. The van der Waals surface area contributed by atoms with Gasteiger partial charge in [0.2, 0.25) is 0 Å². The Hall–Kier alpha value is -0.780. The summed E-state index contributed by atoms with van der Waals surface area (Å²) in [5.41, 5.74) is 7.75. The van der Waals surface area contributed by atoms with Gasteiger partial charge in [0.05, 0.1) is 30.2 Å². The van der Waals surface area contributed by atoms with E-state index in [0.29, 0.717) is 6.54 Å². The molecule has 1 saturated heterocycles. The van der Waals surface area contributed by atoms with E-state index in [1.165, 1.54) is 0 Å². The van der Waals surface area contributed by atoms with Gasteiger partial charge in [-0.15, -0.1) is 0 Å². The lowest BCUT2D eigenvalue weighted by atomic mass is 10.1. The lowest BCUT2D eigenvalue weighted by Gasteiger charge is -2.38. The predicted molar refractivity (Wildman–Crippen MR) is 72.2 cm³/mol. The van der Waals surface area contributed by atoms with Gasteiger partial charge in [-0.1, -0.05) is 15.9 Å². The van der Waals surface area contributed by atoms with Crippen LogP contribution in [0.5, 0.6) is 0 Å². The molecule has 4 nitrogen and oxygen atoms in total. The maximum absolute atomic E-state index is 9.20. The number of morpholine rings is 1. The Balaban J connectivity index is 2.20. The molecule has 1 aliphatic heterocycles. The summed E-state index contributed by atoms with van der Waals surface area (Å²) < 4.78 is 6.58. The van der Waals surface area contributed by atoms with Crippen LogP contribution in [0, 0.1) is 0 Å². The third kappa shape index (κ3) is 2.91. The SMILES string of the molecule is CC1CN(c2ccc(Br)cc2N)CC(CO)O1. The van der Waals surface area contributed by atoms with Gasteiger partial charge in [0.1, 0.15) is 0 Å². The maximum atomic E-state index is 9.20. The number of hydrogen-bond donors (Lipinski definition) is 2. The molecule has 1 aromatic rings. The summed E-state index contributed by atoms with van der Waals surface area (Å²) in [5.74, 6) is 0. The standard InChI is InChI=1S/C12H17BrN2O2/c1-8-5-15(6-10(7-16)17-8)12-3-2-9(13)4-11(12)14/h2-4,8,10,16H,5-7,14H2,1H3. The molecule has 5 heteroatoms. The molecule has 1 aliphatic rings. The second-order valence-electron chi connectivity index (χ2n) is 4.36. The van der Waals surface area contributed by atoms with Crippen molar-refractivity contribution in [3.8, 4) is 0 Å². The van der Waals surface area contributed by atoms with Crippen LogP contribution in [0.25, 0.3) is 0 Å². The van der Waals surface area contributed by atoms with E-state index in [9.17, 15) is 5.11 Å². The van der Waals surface area contributed by atoms with Gasteiger partial charge in [-0.25, -0.2) is 0 Å². The topological polar surface area (TPSA) is 58.7 Å². The van der Waals surface area contributed by atoms with Crippen molar-refractivity contribution in [1.82, 2.24) is 0 Å². The third-order valence-electron chi connectivity index (χ3n) is 2.86. The zero-order valence-corrected chi connectivity index (χ0v) is 11.4. The van der Waals surface area contributed by atoms with Crippen LogP contribution in [0.3, 0.4) is 0 Å². The van der Waals surface area contributed by atoms with E-state index in [1.807, 2.05) is 25.1 Å². The van der Waals surface area contributed by atoms with Crippen molar-refractivity contribution < 1.29 is 9.84 Å². The summed E-state index contributed by atoms with van der Waals surface area (Å²) >= 11 is 3.39. The Morgan fingerprint density at radius 2 is 2.29 bits per heavy atom. The Labute approximate surface area is 109 Å². The molecule has 2 atom stereocenters. The molecule has 0 aliphatic carbocycles. The fourth-order valence-electron chi connectivity index (χ4n) is 2.16. The fourth-order valence-corrected chi connectivity index (χ4v) is 2.53. The molecule has 0 radical (unpaired) electrons. The quantitative estimate of drug-likeness (QED) is 0.815. The first-order valence-electron chi connectivity index (χ1n) is 5.66. The second kappa shape index (κ2) is 5.25. The number of nitrogen functional groups attached to an aromatic ring is 1. The number of anilines is 2. The first-order valence-corrected chi connectivity index (χ1v) is 6.45. The summed E-state index contributed by atoms with van der Waals surface area (Å²) in [6.45, 7) is 3.51. The molecule has 2 unspecified atom stereocenters. The molecular formula is C12H17BrN2O2. The number of benzene rings is 1. The molecule has 17 heavy (non-hydrogen) atoms. The minimum Gasteiger partial charge on any atom is -0.397 e. The Bertz CT molecular complexity index is 400. The zero-order chi connectivity index (χ0) is 12.4. The molecule has 0 saturated carbocycles. The lowest BCUT2D eigenvalue weighted by Crippen LogP contribution is -2.48. The minimum atomic E-state index is -0.137. The summed E-state index contributed by atoms with van der Waals surface area (Å²) in [5, 5.41) is 9.20. The van der Waals surface area contributed by atoms with Gasteiger partial charge >= 0.3 is 0 Å². The average Bonchev–Trinajstić information content (AvgIpc) is 2.28. The highest BCUT2D eigenvalue weighted by Crippen LogP contribution is 2.29. The molecule has 1 aromatic carbocycles. The van der Waals surface area contributed by atoms with E-state index < -0.39 is 0 Å². The van der Waals surface area contributed by atoms with Crippen molar-refractivity contribution >= 4 is 27.3 Å². The van der Waals surface area contributed by atoms with E-state index in [1.54, 1.807) is 0 Å². The molecule has 1 heterocycles. The first-order chi connectivity index (χ1) is 8.10. The number of hydrogen-bond acceptors (Lipinski definition) is 4. The number of aliphatic hydroxyl groups excluding tert-OH is 1. The fraction of sp³-hybridized carbons (Fsp3) is 0.500. The van der Waals surface area contributed by atoms with Crippen LogP contribution in [-0.4, -0.2) is 37.0 Å². The highest BCUT2D eigenvalue weighted by Gasteiger charge is 2.25. The molecule has 94 valence electrons. The van der Waals surface area contributed by atoms with Gasteiger partial charge in [0.25, 0.3) is 0 Å². The van der Waals surface area contributed by atoms with Gasteiger partial charge < -0.3 is 20.5 Å². The van der Waals surface area contributed by atoms with Crippen molar-refractivity contribution in [2.75, 3.05) is 30.3 Å². The smallest absolute Gasteiger partial charge is 0.0984 e. The predicted octanol–water partition coefficient (Wildman–Crippen LogP) is 1.62. The van der Waals surface area contributed by atoms with E-state index in [-0.39, 0.29) is 18.8 Å². The van der Waals surface area contributed by atoms with Crippen LogP contribution in [0.2, 0.25) is 0 Å². The van der Waals surface area contributed by atoms with Gasteiger partial charge in [-0.2, -0.15) is 0 Å². The molecule has 0 amide bonds. The summed E-state index contributed by atoms with van der Waals surface area (Å²) in [7, 11) is 0. The summed E-state index contributed by atoms with van der Waals surface area (Å²) in [4.78, 5) is 2.16. The summed E-state index contributed by atoms with van der Waals surface area (Å²) in [6, 6.07) is 5.86. The van der Waals surface area contributed by atoms with Gasteiger partial charge in [0, 0.05) is 17.6 Å². The summed E-state index contributed by atoms with van der Waals surface area (Å²) in [6.07, 6.45) is -0.0363. The van der Waals surface area contributed by atoms with Crippen molar-refractivity contribution in [3.63, 3.8) is 0 Å². The molecule has 1 fully saturated rings. The largest absolute Gasteiger partial charge is 0.397 e. The lowest BCUT2D eigenvalue weighted by molar-refractivity contribution is -0.0420. The monoisotopic (exact) mass is 300 g/mol. The highest BCUT2D eigenvalue weighted by molar-refractivity contribution is 9.10. The van der Waals surface area contributed by atoms with E-state index in [4.69, 9.17) is 10.5 Å². The van der Waals surface area contributed by atoms with Crippen LogP contribution in [0.15, 0.2) is 22.7 Å². The van der Waals surface area contributed by atoms with Gasteiger partial charge in [-0.05, 0) is 25.1 Å². The highest BCUT2D eigenvalue weighted by atomic mass is 79.9.